The van der Waals surface area contributed by atoms with E-state index in [0.29, 0.717) is 32.4 Å². The van der Waals surface area contributed by atoms with E-state index < -0.39 is 6.10 Å². The minimum absolute atomic E-state index is 0.0168. The third kappa shape index (κ3) is 43.9. The first kappa shape index (κ1) is 65.1. The van der Waals surface area contributed by atoms with Crippen LogP contribution in [0.5, 0.6) is 0 Å². The van der Waals surface area contributed by atoms with Gasteiger partial charge in [0.2, 0.25) is 0 Å². The number of hydrogen-bond acceptors (Lipinski definition) is 8. The standard InChI is InChI=1S/C58H114N2O7/c1-8-13-18-30-40-53(41-31-19-14-9-2)65-56(62)46-36-28-24-22-26-34-44-55(67-58(64)60(50-38-49-59(6)7)51-48-52(61)39-17-12-5)45-35-27-23-25-29-37-47-57(63)66-54(42-32-20-15-10-3)43-33-21-16-11-4/h52-55,61H,8-51H2,1-7H3. The Morgan fingerprint density at radius 3 is 1.04 bits per heavy atom. The first-order chi connectivity index (χ1) is 32.6. The average molecular weight is 952 g/mol. The third-order valence-corrected chi connectivity index (χ3v) is 13.6. The predicted octanol–water partition coefficient (Wildman–Crippen LogP) is 16.6. The second-order valence-electron chi connectivity index (χ2n) is 20.7. The van der Waals surface area contributed by atoms with Crippen molar-refractivity contribution in [1.29, 1.82) is 0 Å². The largest absolute Gasteiger partial charge is 0.462 e. The summed E-state index contributed by atoms with van der Waals surface area (Å²) in [5.41, 5.74) is 0. The van der Waals surface area contributed by atoms with E-state index in [1.807, 2.05) is 4.90 Å². The summed E-state index contributed by atoms with van der Waals surface area (Å²) in [6.45, 7) is 13.1. The van der Waals surface area contributed by atoms with Crippen LogP contribution in [0.15, 0.2) is 0 Å². The van der Waals surface area contributed by atoms with Crippen molar-refractivity contribution in [3.8, 4) is 0 Å². The van der Waals surface area contributed by atoms with Gasteiger partial charge >= 0.3 is 18.0 Å². The monoisotopic (exact) mass is 951 g/mol. The Morgan fingerprint density at radius 2 is 0.687 bits per heavy atom. The van der Waals surface area contributed by atoms with Gasteiger partial charge in [0.1, 0.15) is 18.3 Å². The normalized spacial score (nSPS) is 12.2. The first-order valence-corrected chi connectivity index (χ1v) is 29.3. The van der Waals surface area contributed by atoms with Gasteiger partial charge in [0.25, 0.3) is 0 Å². The molecule has 0 radical (unpaired) electrons. The van der Waals surface area contributed by atoms with Crippen LogP contribution in [0.1, 0.15) is 298 Å². The van der Waals surface area contributed by atoms with Crippen molar-refractivity contribution < 1.29 is 33.7 Å². The van der Waals surface area contributed by atoms with Gasteiger partial charge in [-0.25, -0.2) is 4.79 Å². The lowest BCUT2D eigenvalue weighted by Gasteiger charge is -2.27. The van der Waals surface area contributed by atoms with Crippen molar-refractivity contribution in [2.75, 3.05) is 33.7 Å². The smallest absolute Gasteiger partial charge is 0.410 e. The highest BCUT2D eigenvalue weighted by Crippen LogP contribution is 2.22. The molecule has 0 saturated carbocycles. The summed E-state index contributed by atoms with van der Waals surface area (Å²) in [7, 11) is 4.11. The summed E-state index contributed by atoms with van der Waals surface area (Å²) in [5, 5.41) is 10.6. The molecule has 0 aromatic carbocycles. The number of aliphatic hydroxyl groups is 1. The molecule has 0 heterocycles. The van der Waals surface area contributed by atoms with Gasteiger partial charge in [0.05, 0.1) is 6.10 Å². The highest BCUT2D eigenvalue weighted by molar-refractivity contribution is 5.70. The molecular weight excluding hydrogens is 837 g/mol. The molecule has 9 nitrogen and oxygen atoms in total. The molecule has 1 amide bonds. The van der Waals surface area contributed by atoms with Crippen LogP contribution in [0.25, 0.3) is 0 Å². The van der Waals surface area contributed by atoms with E-state index in [1.165, 1.54) is 77.0 Å². The molecule has 67 heavy (non-hydrogen) atoms. The topological polar surface area (TPSA) is 106 Å². The zero-order valence-electron chi connectivity index (χ0n) is 45.7. The fourth-order valence-electron chi connectivity index (χ4n) is 9.15. The Hall–Kier alpha value is -1.87. The minimum Gasteiger partial charge on any atom is -0.462 e. The van der Waals surface area contributed by atoms with Crippen LogP contribution < -0.4 is 0 Å². The van der Waals surface area contributed by atoms with E-state index in [-0.39, 0.29) is 36.3 Å². The lowest BCUT2D eigenvalue weighted by atomic mass is 10.0. The van der Waals surface area contributed by atoms with Gasteiger partial charge in [0, 0.05) is 25.9 Å². The molecule has 0 fully saturated rings. The number of nitrogens with zero attached hydrogens (tertiary/aromatic N) is 2. The van der Waals surface area contributed by atoms with E-state index in [9.17, 15) is 19.5 Å². The molecule has 398 valence electrons. The molecule has 0 aliphatic heterocycles. The van der Waals surface area contributed by atoms with Crippen molar-refractivity contribution in [2.24, 2.45) is 0 Å². The number of aliphatic hydroxyl groups excluding tert-OH is 1. The van der Waals surface area contributed by atoms with Crippen LogP contribution in [0.2, 0.25) is 0 Å². The molecule has 0 saturated heterocycles. The van der Waals surface area contributed by atoms with Gasteiger partial charge in [-0.1, -0.05) is 176 Å². The predicted molar refractivity (Wildman–Crippen MR) is 284 cm³/mol. The number of carbonyl (C=O) groups excluding carboxylic acids is 3. The maximum absolute atomic E-state index is 13.8. The quantitative estimate of drug-likeness (QED) is 0.0365. The molecule has 9 heteroatoms. The third-order valence-electron chi connectivity index (χ3n) is 13.6. The summed E-state index contributed by atoms with van der Waals surface area (Å²) in [6, 6.07) is 0. The maximum Gasteiger partial charge on any atom is 0.410 e. The Balaban J connectivity index is 5.06. The van der Waals surface area contributed by atoms with Gasteiger partial charge in [-0.2, -0.15) is 0 Å². The molecular formula is C58H114N2O7. The van der Waals surface area contributed by atoms with Gasteiger partial charge in [0.15, 0.2) is 0 Å². The van der Waals surface area contributed by atoms with Crippen LogP contribution >= 0.6 is 0 Å². The number of amides is 1. The fourth-order valence-corrected chi connectivity index (χ4v) is 9.15. The van der Waals surface area contributed by atoms with Crippen molar-refractivity contribution >= 4 is 18.0 Å². The van der Waals surface area contributed by atoms with Crippen LogP contribution in [0.3, 0.4) is 0 Å². The number of ether oxygens (including phenoxy) is 3. The Morgan fingerprint density at radius 1 is 0.358 bits per heavy atom. The average Bonchev–Trinajstić information content (AvgIpc) is 3.30. The van der Waals surface area contributed by atoms with Crippen molar-refractivity contribution in [2.45, 2.75) is 322 Å². The molecule has 0 aliphatic rings. The van der Waals surface area contributed by atoms with Crippen LogP contribution in [0.4, 0.5) is 4.79 Å². The number of hydrogen-bond donors (Lipinski definition) is 1. The molecule has 0 aromatic rings. The van der Waals surface area contributed by atoms with E-state index in [2.05, 4.69) is 53.6 Å². The molecule has 1 atom stereocenters. The second kappa shape index (κ2) is 49.1. The summed E-state index contributed by atoms with van der Waals surface area (Å²) in [5.74, 6) is -0.0336. The Labute approximate surface area is 416 Å². The van der Waals surface area contributed by atoms with Gasteiger partial charge in [-0.3, -0.25) is 9.59 Å². The van der Waals surface area contributed by atoms with E-state index in [0.717, 1.165) is 173 Å². The van der Waals surface area contributed by atoms with E-state index >= 15 is 0 Å². The lowest BCUT2D eigenvalue weighted by Crippen LogP contribution is -2.38. The molecule has 0 rings (SSSR count). The summed E-state index contributed by atoms with van der Waals surface area (Å²) in [6.07, 6.45) is 42.4. The fraction of sp³-hybridized carbons (Fsp3) is 0.948. The zero-order chi connectivity index (χ0) is 49.4. The molecule has 1 unspecified atom stereocenters. The van der Waals surface area contributed by atoms with Gasteiger partial charge in [-0.05, 0) is 130 Å². The van der Waals surface area contributed by atoms with E-state index in [4.69, 9.17) is 14.2 Å². The summed E-state index contributed by atoms with van der Waals surface area (Å²) in [4.78, 5) is 43.3. The minimum atomic E-state index is -0.397. The van der Waals surface area contributed by atoms with Gasteiger partial charge < -0.3 is 29.1 Å². The van der Waals surface area contributed by atoms with Crippen LogP contribution in [-0.4, -0.2) is 91.1 Å². The maximum atomic E-state index is 13.8. The molecule has 0 aromatic heterocycles. The number of carbonyl (C=O) groups is 3. The first-order valence-electron chi connectivity index (χ1n) is 29.3. The molecule has 1 N–H and O–H groups in total. The molecule has 0 spiro atoms. The number of rotatable bonds is 51. The van der Waals surface area contributed by atoms with Crippen molar-refractivity contribution in [3.05, 3.63) is 0 Å². The molecule has 0 bridgehead atoms. The number of unbranched alkanes of at least 4 members (excludes halogenated alkanes) is 23. The zero-order valence-corrected chi connectivity index (χ0v) is 45.7. The van der Waals surface area contributed by atoms with E-state index in [1.54, 1.807) is 0 Å². The van der Waals surface area contributed by atoms with Crippen molar-refractivity contribution in [1.82, 2.24) is 9.80 Å². The van der Waals surface area contributed by atoms with Gasteiger partial charge in [-0.15, -0.1) is 0 Å². The van der Waals surface area contributed by atoms with Crippen LogP contribution in [0, 0.1) is 0 Å². The highest BCUT2D eigenvalue weighted by atomic mass is 16.6. The molecule has 0 aliphatic carbocycles. The Bertz CT molecular complexity index is 1010. The Kier molecular flexibility index (Phi) is 47.8. The SMILES string of the molecule is CCCCCCC(CCCCCC)OC(=O)CCCCCCCCC(CCCCCCCCC(=O)OC(CCCCCC)CCCCCC)OC(=O)N(CCCN(C)C)CCC(O)CCCC. The second-order valence-corrected chi connectivity index (χ2v) is 20.7. The summed E-state index contributed by atoms with van der Waals surface area (Å²) < 4.78 is 18.3. The number of esters is 2. The summed E-state index contributed by atoms with van der Waals surface area (Å²) >= 11 is 0. The van der Waals surface area contributed by atoms with Crippen molar-refractivity contribution in [3.63, 3.8) is 0 Å². The lowest BCUT2D eigenvalue weighted by molar-refractivity contribution is -0.151. The van der Waals surface area contributed by atoms with Crippen LogP contribution in [-0.2, 0) is 23.8 Å². The highest BCUT2D eigenvalue weighted by Gasteiger charge is 2.22.